The van der Waals surface area contributed by atoms with Gasteiger partial charge in [-0.15, -0.1) is 0 Å². The molecule has 110 valence electrons. The summed E-state index contributed by atoms with van der Waals surface area (Å²) in [5.74, 6) is -2.00. The van der Waals surface area contributed by atoms with Gasteiger partial charge in [-0.1, -0.05) is 12.8 Å². The van der Waals surface area contributed by atoms with Crippen LogP contribution in [0, 0.1) is 22.6 Å². The summed E-state index contributed by atoms with van der Waals surface area (Å²) in [6, 6.07) is 5.26. The first-order chi connectivity index (χ1) is 9.97. The summed E-state index contributed by atoms with van der Waals surface area (Å²) in [7, 11) is 0. The standard InChI is InChI=1S/C15H15FN2O3/c16-11-3-4-12(10(7-11)9-17)18-13(19)8-15(14(20)21)5-1-2-6-15/h3-4,7H,1-2,5-6,8H2,(H,18,19)(H,20,21). The van der Waals surface area contributed by atoms with Gasteiger partial charge in [0.2, 0.25) is 5.91 Å². The first kappa shape index (κ1) is 15.0. The minimum Gasteiger partial charge on any atom is -0.481 e. The molecule has 21 heavy (non-hydrogen) atoms. The number of carbonyl (C=O) groups is 2. The van der Waals surface area contributed by atoms with Gasteiger partial charge in [-0.3, -0.25) is 9.59 Å². The van der Waals surface area contributed by atoms with Gasteiger partial charge in [-0.05, 0) is 31.0 Å². The molecular formula is C15H15FN2O3. The minimum absolute atomic E-state index is 0.0131. The van der Waals surface area contributed by atoms with E-state index >= 15 is 0 Å². The van der Waals surface area contributed by atoms with E-state index in [2.05, 4.69) is 5.32 Å². The predicted octanol–water partition coefficient (Wildman–Crippen LogP) is 2.67. The van der Waals surface area contributed by atoms with E-state index in [9.17, 15) is 19.1 Å². The molecule has 0 aromatic heterocycles. The maximum absolute atomic E-state index is 13.0. The zero-order chi connectivity index (χ0) is 15.5. The first-order valence-corrected chi connectivity index (χ1v) is 6.70. The Balaban J connectivity index is 2.12. The molecule has 2 rings (SSSR count). The molecule has 0 aliphatic heterocycles. The van der Waals surface area contributed by atoms with Crippen molar-refractivity contribution in [2.75, 3.05) is 5.32 Å². The van der Waals surface area contributed by atoms with Gasteiger partial charge in [0.05, 0.1) is 16.7 Å². The maximum Gasteiger partial charge on any atom is 0.310 e. The molecule has 1 aromatic carbocycles. The van der Waals surface area contributed by atoms with Crippen LogP contribution in [0.5, 0.6) is 0 Å². The second-order valence-electron chi connectivity index (χ2n) is 5.32. The number of hydrogen-bond acceptors (Lipinski definition) is 3. The molecule has 0 bridgehead atoms. The van der Waals surface area contributed by atoms with E-state index in [1.54, 1.807) is 6.07 Å². The van der Waals surface area contributed by atoms with Crippen molar-refractivity contribution in [1.29, 1.82) is 5.26 Å². The van der Waals surface area contributed by atoms with Gasteiger partial charge in [0.1, 0.15) is 11.9 Å². The van der Waals surface area contributed by atoms with Crippen LogP contribution in [0.2, 0.25) is 0 Å². The highest BCUT2D eigenvalue weighted by Gasteiger charge is 2.43. The predicted molar refractivity (Wildman–Crippen MR) is 72.9 cm³/mol. The number of aliphatic carboxylic acids is 1. The number of benzene rings is 1. The van der Waals surface area contributed by atoms with Gasteiger partial charge in [-0.25, -0.2) is 4.39 Å². The van der Waals surface area contributed by atoms with E-state index in [1.807, 2.05) is 0 Å². The topological polar surface area (TPSA) is 90.2 Å². The Hall–Kier alpha value is -2.42. The van der Waals surface area contributed by atoms with Crippen LogP contribution in [-0.2, 0) is 9.59 Å². The van der Waals surface area contributed by atoms with Gasteiger partial charge < -0.3 is 10.4 Å². The van der Waals surface area contributed by atoms with E-state index in [0.717, 1.165) is 25.0 Å². The Bertz CT molecular complexity index is 616. The van der Waals surface area contributed by atoms with Crippen molar-refractivity contribution in [2.24, 2.45) is 5.41 Å². The highest BCUT2D eigenvalue weighted by molar-refractivity contribution is 5.95. The molecule has 5 nitrogen and oxygen atoms in total. The van der Waals surface area contributed by atoms with E-state index in [0.29, 0.717) is 12.8 Å². The van der Waals surface area contributed by atoms with Gasteiger partial charge in [0.15, 0.2) is 0 Å². The van der Waals surface area contributed by atoms with Crippen LogP contribution >= 0.6 is 0 Å². The number of nitrogens with one attached hydrogen (secondary N) is 1. The Kier molecular flexibility index (Phi) is 4.22. The lowest BCUT2D eigenvalue weighted by Crippen LogP contribution is -2.32. The quantitative estimate of drug-likeness (QED) is 0.892. The second-order valence-corrected chi connectivity index (χ2v) is 5.32. The third-order valence-corrected chi connectivity index (χ3v) is 3.89. The molecule has 1 fully saturated rings. The van der Waals surface area contributed by atoms with Crippen LogP contribution in [0.15, 0.2) is 18.2 Å². The van der Waals surface area contributed by atoms with E-state index < -0.39 is 23.1 Å². The number of carboxylic acid groups (broad SMARTS) is 1. The minimum atomic E-state index is -1.02. The number of anilines is 1. The number of nitrogens with zero attached hydrogens (tertiary/aromatic N) is 1. The first-order valence-electron chi connectivity index (χ1n) is 6.70. The maximum atomic E-state index is 13.0. The lowest BCUT2D eigenvalue weighted by atomic mass is 9.82. The van der Waals surface area contributed by atoms with E-state index in [1.165, 1.54) is 6.07 Å². The zero-order valence-corrected chi connectivity index (χ0v) is 11.4. The number of carbonyl (C=O) groups excluding carboxylic acids is 1. The Morgan fingerprint density at radius 2 is 2.05 bits per heavy atom. The largest absolute Gasteiger partial charge is 0.481 e. The Labute approximate surface area is 121 Å². The van der Waals surface area contributed by atoms with Crippen molar-refractivity contribution in [2.45, 2.75) is 32.1 Å². The summed E-state index contributed by atoms with van der Waals surface area (Å²) in [6.07, 6.45) is 2.40. The van der Waals surface area contributed by atoms with Crippen LogP contribution in [0.3, 0.4) is 0 Å². The summed E-state index contributed by atoms with van der Waals surface area (Å²) in [5.41, 5.74) is -0.807. The highest BCUT2D eigenvalue weighted by atomic mass is 19.1. The molecule has 1 saturated carbocycles. The van der Waals surface area contributed by atoms with Crippen molar-refractivity contribution in [3.05, 3.63) is 29.6 Å². The molecule has 1 amide bonds. The molecule has 0 atom stereocenters. The smallest absolute Gasteiger partial charge is 0.310 e. The van der Waals surface area contributed by atoms with Crippen LogP contribution in [0.4, 0.5) is 10.1 Å². The molecule has 0 radical (unpaired) electrons. The van der Waals surface area contributed by atoms with Crippen LogP contribution in [0.1, 0.15) is 37.7 Å². The van der Waals surface area contributed by atoms with Crippen LogP contribution in [-0.4, -0.2) is 17.0 Å². The van der Waals surface area contributed by atoms with Crippen molar-refractivity contribution in [3.8, 4) is 6.07 Å². The number of nitriles is 1. The van der Waals surface area contributed by atoms with Crippen LogP contribution < -0.4 is 5.32 Å². The average molecular weight is 290 g/mol. The molecule has 2 N–H and O–H groups in total. The number of carboxylic acids is 1. The van der Waals surface area contributed by atoms with E-state index in [4.69, 9.17) is 5.26 Å². The molecule has 0 unspecified atom stereocenters. The van der Waals surface area contributed by atoms with Gasteiger partial charge in [-0.2, -0.15) is 5.26 Å². The normalized spacial score (nSPS) is 16.2. The number of rotatable bonds is 4. The third kappa shape index (κ3) is 3.19. The summed E-state index contributed by atoms with van der Waals surface area (Å²) < 4.78 is 13.0. The third-order valence-electron chi connectivity index (χ3n) is 3.89. The van der Waals surface area contributed by atoms with Crippen molar-refractivity contribution >= 4 is 17.6 Å². The number of halogens is 1. The average Bonchev–Trinajstić information content (AvgIpc) is 2.90. The monoisotopic (exact) mass is 290 g/mol. The van der Waals surface area contributed by atoms with Crippen LogP contribution in [0.25, 0.3) is 0 Å². The lowest BCUT2D eigenvalue weighted by molar-refractivity contribution is -0.150. The fraction of sp³-hybridized carbons (Fsp3) is 0.400. The van der Waals surface area contributed by atoms with Gasteiger partial charge in [0.25, 0.3) is 0 Å². The molecule has 0 spiro atoms. The van der Waals surface area contributed by atoms with Gasteiger partial charge in [0, 0.05) is 6.42 Å². The highest BCUT2D eigenvalue weighted by Crippen LogP contribution is 2.41. The van der Waals surface area contributed by atoms with Crippen molar-refractivity contribution in [3.63, 3.8) is 0 Å². The van der Waals surface area contributed by atoms with Crippen molar-refractivity contribution < 1.29 is 19.1 Å². The van der Waals surface area contributed by atoms with E-state index in [-0.39, 0.29) is 17.7 Å². The zero-order valence-electron chi connectivity index (χ0n) is 11.4. The molecule has 0 saturated heterocycles. The lowest BCUT2D eigenvalue weighted by Gasteiger charge is -2.23. The fourth-order valence-electron chi connectivity index (χ4n) is 2.74. The number of amides is 1. The Morgan fingerprint density at radius 3 is 2.62 bits per heavy atom. The Morgan fingerprint density at radius 1 is 1.38 bits per heavy atom. The molecular weight excluding hydrogens is 275 g/mol. The fourth-order valence-corrected chi connectivity index (χ4v) is 2.74. The second kappa shape index (κ2) is 5.92. The summed E-state index contributed by atoms with van der Waals surface area (Å²) in [4.78, 5) is 23.5. The number of hydrogen-bond donors (Lipinski definition) is 2. The summed E-state index contributed by atoms with van der Waals surface area (Å²) >= 11 is 0. The summed E-state index contributed by atoms with van der Waals surface area (Å²) in [5, 5.41) is 20.8. The SMILES string of the molecule is N#Cc1cc(F)ccc1NC(=O)CC1(C(=O)O)CCCC1. The van der Waals surface area contributed by atoms with Gasteiger partial charge >= 0.3 is 5.97 Å². The molecule has 6 heteroatoms. The molecule has 0 heterocycles. The molecule has 1 aromatic rings. The molecule has 1 aliphatic rings. The van der Waals surface area contributed by atoms with Crippen molar-refractivity contribution in [1.82, 2.24) is 0 Å². The molecule has 1 aliphatic carbocycles. The summed E-state index contributed by atoms with van der Waals surface area (Å²) in [6.45, 7) is 0.